The Morgan fingerprint density at radius 2 is 2.50 bits per heavy atom. The van der Waals surface area contributed by atoms with E-state index in [1.54, 1.807) is 0 Å². The molecule has 0 N–H and O–H groups in total. The minimum Gasteiger partial charge on any atom is -0.299 e. The third kappa shape index (κ3) is 1.01. The van der Waals surface area contributed by atoms with Crippen LogP contribution < -0.4 is 0 Å². The van der Waals surface area contributed by atoms with Gasteiger partial charge in [-0.25, -0.2) is 0 Å². The normalized spacial score (nSPS) is 31.5. The summed E-state index contributed by atoms with van der Waals surface area (Å²) in [7, 11) is 0. The summed E-state index contributed by atoms with van der Waals surface area (Å²) < 4.78 is 0. The first kappa shape index (κ1) is 6.05. The summed E-state index contributed by atoms with van der Waals surface area (Å²) in [6.07, 6.45) is 1.19. The molecule has 8 heavy (non-hydrogen) atoms. The van der Waals surface area contributed by atoms with Gasteiger partial charge in [0, 0.05) is 12.6 Å². The van der Waals surface area contributed by atoms with Gasteiger partial charge in [-0.1, -0.05) is 6.92 Å². The first-order valence-corrected chi connectivity index (χ1v) is 3.24. The summed E-state index contributed by atoms with van der Waals surface area (Å²) in [4.78, 5) is 5.25. The molecule has 1 heterocycles. The van der Waals surface area contributed by atoms with E-state index in [4.69, 9.17) is 4.84 Å². The van der Waals surface area contributed by atoms with E-state index < -0.39 is 0 Å². The maximum Gasteiger partial charge on any atom is 0.0700 e. The SMILES string of the molecule is CCN1OCCC1C. The lowest BCUT2D eigenvalue weighted by Gasteiger charge is -2.15. The number of hydrogen-bond acceptors (Lipinski definition) is 2. The first-order valence-electron chi connectivity index (χ1n) is 3.24. The van der Waals surface area contributed by atoms with E-state index in [-0.39, 0.29) is 0 Å². The number of hydroxylamine groups is 2. The summed E-state index contributed by atoms with van der Waals surface area (Å²) in [6, 6.07) is 0.639. The highest BCUT2D eigenvalue weighted by Gasteiger charge is 2.18. The predicted molar refractivity (Wildman–Crippen MR) is 32.4 cm³/mol. The molecule has 0 aromatic heterocycles. The van der Waals surface area contributed by atoms with Gasteiger partial charge in [-0.15, -0.1) is 0 Å². The molecule has 0 bridgehead atoms. The van der Waals surface area contributed by atoms with Gasteiger partial charge in [-0.3, -0.25) is 4.84 Å². The van der Waals surface area contributed by atoms with Crippen LogP contribution in [0.5, 0.6) is 0 Å². The van der Waals surface area contributed by atoms with Crippen LogP contribution in [0, 0.1) is 0 Å². The van der Waals surface area contributed by atoms with Gasteiger partial charge in [0.25, 0.3) is 0 Å². The number of nitrogens with zero attached hydrogens (tertiary/aromatic N) is 1. The Kier molecular flexibility index (Phi) is 1.86. The Labute approximate surface area is 50.4 Å². The maximum absolute atomic E-state index is 5.25. The van der Waals surface area contributed by atoms with Crippen LogP contribution in [0.4, 0.5) is 0 Å². The van der Waals surface area contributed by atoms with E-state index in [0.717, 1.165) is 13.2 Å². The average Bonchev–Trinajstić information content (AvgIpc) is 2.14. The maximum atomic E-state index is 5.25. The predicted octanol–water partition coefficient (Wildman–Crippen LogP) is 1.03. The summed E-state index contributed by atoms with van der Waals surface area (Å²) in [6.45, 7) is 6.23. The second kappa shape index (κ2) is 2.46. The van der Waals surface area contributed by atoms with E-state index in [0.29, 0.717) is 6.04 Å². The molecule has 0 spiro atoms. The van der Waals surface area contributed by atoms with Gasteiger partial charge in [-0.05, 0) is 13.3 Å². The van der Waals surface area contributed by atoms with Crippen LogP contribution in [-0.2, 0) is 4.84 Å². The molecule has 0 aliphatic carbocycles. The fraction of sp³-hybridized carbons (Fsp3) is 1.00. The minimum atomic E-state index is 0.639. The molecule has 1 atom stereocenters. The Bertz CT molecular complexity index is 74.9. The molecule has 1 saturated heterocycles. The second-order valence-corrected chi connectivity index (χ2v) is 2.20. The minimum absolute atomic E-state index is 0.639. The van der Waals surface area contributed by atoms with Crippen molar-refractivity contribution in [1.82, 2.24) is 5.06 Å². The molecule has 1 aliphatic heterocycles. The van der Waals surface area contributed by atoms with Crippen LogP contribution >= 0.6 is 0 Å². The average molecular weight is 115 g/mol. The highest BCUT2D eigenvalue weighted by Crippen LogP contribution is 2.11. The monoisotopic (exact) mass is 115 g/mol. The molecule has 1 fully saturated rings. The zero-order valence-corrected chi connectivity index (χ0v) is 5.55. The zero-order chi connectivity index (χ0) is 5.98. The van der Waals surface area contributed by atoms with Crippen LogP contribution in [0.3, 0.4) is 0 Å². The Balaban J connectivity index is 2.30. The molecule has 0 saturated carbocycles. The van der Waals surface area contributed by atoms with Crippen LogP contribution in [0.1, 0.15) is 20.3 Å². The Morgan fingerprint density at radius 1 is 1.75 bits per heavy atom. The van der Waals surface area contributed by atoms with Crippen LogP contribution in [-0.4, -0.2) is 24.3 Å². The Hall–Kier alpha value is -0.0800. The van der Waals surface area contributed by atoms with Crippen molar-refractivity contribution in [2.75, 3.05) is 13.2 Å². The van der Waals surface area contributed by atoms with Crippen molar-refractivity contribution in [3.05, 3.63) is 0 Å². The van der Waals surface area contributed by atoms with E-state index in [1.807, 2.05) is 5.06 Å². The summed E-state index contributed by atoms with van der Waals surface area (Å²) in [5.41, 5.74) is 0. The summed E-state index contributed by atoms with van der Waals surface area (Å²) >= 11 is 0. The topological polar surface area (TPSA) is 12.5 Å². The van der Waals surface area contributed by atoms with Gasteiger partial charge >= 0.3 is 0 Å². The van der Waals surface area contributed by atoms with Gasteiger partial charge in [0.1, 0.15) is 0 Å². The third-order valence-electron chi connectivity index (χ3n) is 1.60. The van der Waals surface area contributed by atoms with Gasteiger partial charge in [0.15, 0.2) is 0 Å². The van der Waals surface area contributed by atoms with Crippen molar-refractivity contribution in [2.45, 2.75) is 26.3 Å². The van der Waals surface area contributed by atoms with Gasteiger partial charge in [0.2, 0.25) is 0 Å². The van der Waals surface area contributed by atoms with E-state index in [1.165, 1.54) is 6.42 Å². The van der Waals surface area contributed by atoms with Crippen molar-refractivity contribution in [2.24, 2.45) is 0 Å². The van der Waals surface area contributed by atoms with Crippen molar-refractivity contribution in [3.63, 3.8) is 0 Å². The summed E-state index contributed by atoms with van der Waals surface area (Å²) in [5.74, 6) is 0. The molecule has 1 rings (SSSR count). The quantitative estimate of drug-likeness (QED) is 0.506. The Morgan fingerprint density at radius 3 is 2.75 bits per heavy atom. The lowest BCUT2D eigenvalue weighted by molar-refractivity contribution is -0.124. The van der Waals surface area contributed by atoms with Gasteiger partial charge in [0.05, 0.1) is 6.61 Å². The molecule has 1 aliphatic rings. The van der Waals surface area contributed by atoms with E-state index >= 15 is 0 Å². The van der Waals surface area contributed by atoms with Crippen LogP contribution in [0.15, 0.2) is 0 Å². The smallest absolute Gasteiger partial charge is 0.0700 e. The fourth-order valence-electron chi connectivity index (χ4n) is 1.01. The lowest BCUT2D eigenvalue weighted by atomic mass is 10.3. The van der Waals surface area contributed by atoms with E-state index in [9.17, 15) is 0 Å². The second-order valence-electron chi connectivity index (χ2n) is 2.20. The molecular formula is C6H13NO. The molecule has 2 nitrogen and oxygen atoms in total. The standard InChI is InChI=1S/C6H13NO/c1-3-7-6(2)4-5-8-7/h6H,3-5H2,1-2H3. The largest absolute Gasteiger partial charge is 0.299 e. The fourth-order valence-corrected chi connectivity index (χ4v) is 1.01. The zero-order valence-electron chi connectivity index (χ0n) is 5.55. The van der Waals surface area contributed by atoms with Crippen LogP contribution in [0.25, 0.3) is 0 Å². The first-order chi connectivity index (χ1) is 3.84. The van der Waals surface area contributed by atoms with Gasteiger partial charge in [-0.2, -0.15) is 5.06 Å². The molecule has 48 valence electrons. The van der Waals surface area contributed by atoms with Gasteiger partial charge < -0.3 is 0 Å². The number of hydrogen-bond donors (Lipinski definition) is 0. The molecule has 0 aromatic carbocycles. The third-order valence-corrected chi connectivity index (χ3v) is 1.60. The highest BCUT2D eigenvalue weighted by molar-refractivity contribution is 4.62. The molecule has 1 unspecified atom stereocenters. The molecular weight excluding hydrogens is 102 g/mol. The van der Waals surface area contributed by atoms with Crippen molar-refractivity contribution in [3.8, 4) is 0 Å². The molecule has 2 heteroatoms. The molecule has 0 radical (unpaired) electrons. The van der Waals surface area contributed by atoms with Crippen LogP contribution in [0.2, 0.25) is 0 Å². The highest BCUT2D eigenvalue weighted by atomic mass is 16.7. The van der Waals surface area contributed by atoms with Crippen molar-refractivity contribution >= 4 is 0 Å². The molecule has 0 aromatic rings. The molecule has 0 amide bonds. The van der Waals surface area contributed by atoms with Crippen molar-refractivity contribution < 1.29 is 4.84 Å². The summed E-state index contributed by atoms with van der Waals surface area (Å²) in [5, 5.41) is 2.03. The number of rotatable bonds is 1. The lowest BCUT2D eigenvalue weighted by Crippen LogP contribution is -2.24. The van der Waals surface area contributed by atoms with E-state index in [2.05, 4.69) is 13.8 Å². The van der Waals surface area contributed by atoms with Crippen molar-refractivity contribution in [1.29, 1.82) is 0 Å².